The van der Waals surface area contributed by atoms with E-state index in [2.05, 4.69) is 15.6 Å². The molecule has 0 radical (unpaired) electrons. The van der Waals surface area contributed by atoms with E-state index in [1.807, 2.05) is 18.2 Å². The van der Waals surface area contributed by atoms with Gasteiger partial charge in [-0.3, -0.25) is 4.79 Å². The second-order valence-corrected chi connectivity index (χ2v) is 6.46. The molecular formula is C20H15ClFN3O3. The highest BCUT2D eigenvalue weighted by Crippen LogP contribution is 2.32. The fraction of sp³-hybridized carbons (Fsp3) is 0.100. The van der Waals surface area contributed by atoms with Gasteiger partial charge in [0.2, 0.25) is 6.79 Å². The molecule has 2 aromatic carbocycles. The molecule has 0 fully saturated rings. The Balaban J connectivity index is 1.41. The summed E-state index contributed by atoms with van der Waals surface area (Å²) in [5, 5.41) is 5.85. The summed E-state index contributed by atoms with van der Waals surface area (Å²) in [5.41, 5.74) is 1.90. The zero-order valence-corrected chi connectivity index (χ0v) is 15.3. The first-order valence-electron chi connectivity index (χ1n) is 8.43. The van der Waals surface area contributed by atoms with Crippen LogP contribution in [0.15, 0.2) is 54.7 Å². The number of nitrogens with zero attached hydrogens (tertiary/aromatic N) is 1. The van der Waals surface area contributed by atoms with Crippen LogP contribution in [0.5, 0.6) is 11.5 Å². The molecule has 6 nitrogen and oxygen atoms in total. The predicted molar refractivity (Wildman–Crippen MR) is 103 cm³/mol. The molecule has 0 aliphatic carbocycles. The van der Waals surface area contributed by atoms with Crippen molar-refractivity contribution in [3.8, 4) is 11.5 Å². The van der Waals surface area contributed by atoms with E-state index in [9.17, 15) is 9.18 Å². The number of carbonyl (C=O) groups excluding carboxylic acids is 1. The van der Waals surface area contributed by atoms with Gasteiger partial charge in [-0.05, 0) is 48.0 Å². The smallest absolute Gasteiger partial charge is 0.251 e. The van der Waals surface area contributed by atoms with Crippen LogP contribution in [0.4, 0.5) is 15.9 Å². The topological polar surface area (TPSA) is 72.5 Å². The van der Waals surface area contributed by atoms with Crippen LogP contribution in [0.1, 0.15) is 15.9 Å². The van der Waals surface area contributed by atoms with Crippen molar-refractivity contribution in [3.63, 3.8) is 0 Å². The van der Waals surface area contributed by atoms with Crippen molar-refractivity contribution in [2.24, 2.45) is 0 Å². The Kier molecular flexibility index (Phi) is 4.99. The number of aromatic nitrogens is 1. The molecule has 142 valence electrons. The number of fused-ring (bicyclic) bond motifs is 1. The molecule has 0 bridgehead atoms. The van der Waals surface area contributed by atoms with Crippen LogP contribution in [0.25, 0.3) is 0 Å². The fourth-order valence-corrected chi connectivity index (χ4v) is 2.88. The van der Waals surface area contributed by atoms with Gasteiger partial charge in [0, 0.05) is 24.0 Å². The molecule has 8 heteroatoms. The maximum Gasteiger partial charge on any atom is 0.251 e. The molecule has 0 atom stereocenters. The van der Waals surface area contributed by atoms with Gasteiger partial charge in [-0.15, -0.1) is 0 Å². The quantitative estimate of drug-likeness (QED) is 0.670. The van der Waals surface area contributed by atoms with E-state index in [-0.39, 0.29) is 17.7 Å². The fourth-order valence-electron chi connectivity index (χ4n) is 2.70. The highest BCUT2D eigenvalue weighted by atomic mass is 35.5. The Morgan fingerprint density at radius 3 is 2.82 bits per heavy atom. The van der Waals surface area contributed by atoms with E-state index in [1.54, 1.807) is 12.1 Å². The predicted octanol–water partition coefficient (Wildman–Crippen LogP) is 4.28. The van der Waals surface area contributed by atoms with Crippen molar-refractivity contribution >= 4 is 29.0 Å². The summed E-state index contributed by atoms with van der Waals surface area (Å²) in [6, 6.07) is 13.0. The highest BCUT2D eigenvalue weighted by molar-refractivity contribution is 6.31. The van der Waals surface area contributed by atoms with Crippen LogP contribution in [0.2, 0.25) is 5.02 Å². The Hall–Kier alpha value is -3.32. The van der Waals surface area contributed by atoms with Crippen molar-refractivity contribution in [2.45, 2.75) is 6.54 Å². The second-order valence-electron chi connectivity index (χ2n) is 6.05. The molecule has 0 unspecified atom stereocenters. The van der Waals surface area contributed by atoms with Crippen LogP contribution < -0.4 is 20.1 Å². The van der Waals surface area contributed by atoms with E-state index in [4.69, 9.17) is 21.1 Å². The number of anilines is 2. The largest absolute Gasteiger partial charge is 0.454 e. The first kappa shape index (κ1) is 18.1. The summed E-state index contributed by atoms with van der Waals surface area (Å²) in [4.78, 5) is 16.6. The third kappa shape index (κ3) is 3.99. The maximum atomic E-state index is 13.3. The van der Waals surface area contributed by atoms with Gasteiger partial charge in [0.05, 0.1) is 5.02 Å². The normalized spacial score (nSPS) is 11.9. The van der Waals surface area contributed by atoms with Crippen LogP contribution in [0, 0.1) is 5.82 Å². The summed E-state index contributed by atoms with van der Waals surface area (Å²) in [5.74, 6) is 1.05. The number of hydrogen-bond donors (Lipinski definition) is 2. The lowest BCUT2D eigenvalue weighted by Gasteiger charge is -2.09. The van der Waals surface area contributed by atoms with Gasteiger partial charge in [-0.25, -0.2) is 9.37 Å². The Bertz CT molecular complexity index is 1040. The van der Waals surface area contributed by atoms with Crippen LogP contribution in [0.3, 0.4) is 0 Å². The van der Waals surface area contributed by atoms with Gasteiger partial charge >= 0.3 is 0 Å². The SMILES string of the molecule is O=C(NCc1ccc2c(c1)OCO2)c1ccnc(Nc2ccc(F)c(Cl)c2)c1. The number of benzene rings is 2. The van der Waals surface area contributed by atoms with Gasteiger partial charge in [-0.1, -0.05) is 17.7 Å². The first-order valence-corrected chi connectivity index (χ1v) is 8.81. The van der Waals surface area contributed by atoms with Gasteiger partial charge < -0.3 is 20.1 Å². The lowest BCUT2D eigenvalue weighted by molar-refractivity contribution is 0.0950. The van der Waals surface area contributed by atoms with E-state index >= 15 is 0 Å². The van der Waals surface area contributed by atoms with Gasteiger partial charge in [0.25, 0.3) is 5.91 Å². The number of halogens is 2. The average Bonchev–Trinajstić information content (AvgIpc) is 3.17. The molecule has 2 N–H and O–H groups in total. The summed E-state index contributed by atoms with van der Waals surface area (Å²) >= 11 is 5.78. The Morgan fingerprint density at radius 2 is 1.96 bits per heavy atom. The second kappa shape index (κ2) is 7.74. The molecule has 2 heterocycles. The monoisotopic (exact) mass is 399 g/mol. The minimum absolute atomic E-state index is 0.00243. The van der Waals surface area contributed by atoms with Crippen LogP contribution >= 0.6 is 11.6 Å². The van der Waals surface area contributed by atoms with Crippen molar-refractivity contribution < 1.29 is 18.7 Å². The highest BCUT2D eigenvalue weighted by Gasteiger charge is 2.14. The molecule has 4 rings (SSSR count). The molecular weight excluding hydrogens is 385 g/mol. The molecule has 0 spiro atoms. The van der Waals surface area contributed by atoms with E-state index in [0.717, 1.165) is 5.56 Å². The van der Waals surface area contributed by atoms with E-state index in [1.165, 1.54) is 24.4 Å². The van der Waals surface area contributed by atoms with Crippen LogP contribution in [-0.4, -0.2) is 17.7 Å². The summed E-state index contributed by atoms with van der Waals surface area (Å²) in [6.45, 7) is 0.547. The third-order valence-electron chi connectivity index (χ3n) is 4.10. The lowest BCUT2D eigenvalue weighted by Crippen LogP contribution is -2.22. The van der Waals surface area contributed by atoms with Crippen molar-refractivity contribution in [1.29, 1.82) is 0 Å². The number of ether oxygens (including phenoxy) is 2. The number of amides is 1. The van der Waals surface area contributed by atoms with Crippen LogP contribution in [-0.2, 0) is 6.54 Å². The molecule has 1 amide bonds. The number of hydrogen-bond acceptors (Lipinski definition) is 5. The molecule has 0 saturated heterocycles. The molecule has 28 heavy (non-hydrogen) atoms. The van der Waals surface area contributed by atoms with Crippen molar-refractivity contribution in [2.75, 3.05) is 12.1 Å². The first-order chi connectivity index (χ1) is 13.6. The summed E-state index contributed by atoms with van der Waals surface area (Å²) in [7, 11) is 0. The minimum Gasteiger partial charge on any atom is -0.454 e. The zero-order chi connectivity index (χ0) is 19.5. The molecule has 1 aliphatic heterocycles. The van der Waals surface area contributed by atoms with Gasteiger partial charge in [0.15, 0.2) is 11.5 Å². The number of rotatable bonds is 5. The van der Waals surface area contributed by atoms with E-state index < -0.39 is 5.82 Å². The van der Waals surface area contributed by atoms with Crippen molar-refractivity contribution in [1.82, 2.24) is 10.3 Å². The standard InChI is InChI=1S/C20H15ClFN3O3/c21-15-9-14(2-3-16(15)22)25-19-8-13(5-6-23-19)20(26)24-10-12-1-4-17-18(7-12)28-11-27-17/h1-9H,10-11H2,(H,23,25)(H,24,26). The Morgan fingerprint density at radius 1 is 1.11 bits per heavy atom. The summed E-state index contributed by atoms with van der Waals surface area (Å²) < 4.78 is 23.9. The number of carbonyl (C=O) groups is 1. The van der Waals surface area contributed by atoms with Gasteiger partial charge in [-0.2, -0.15) is 0 Å². The third-order valence-corrected chi connectivity index (χ3v) is 4.39. The lowest BCUT2D eigenvalue weighted by atomic mass is 10.2. The summed E-state index contributed by atoms with van der Waals surface area (Å²) in [6.07, 6.45) is 1.52. The van der Waals surface area contributed by atoms with Gasteiger partial charge in [0.1, 0.15) is 11.6 Å². The minimum atomic E-state index is -0.503. The van der Waals surface area contributed by atoms with E-state index in [0.29, 0.717) is 35.1 Å². The number of nitrogens with one attached hydrogen (secondary N) is 2. The average molecular weight is 400 g/mol. The molecule has 1 aliphatic rings. The molecule has 1 aromatic heterocycles. The molecule has 0 saturated carbocycles. The van der Waals surface area contributed by atoms with Crippen molar-refractivity contribution in [3.05, 3.63) is 76.7 Å². The number of pyridine rings is 1. The Labute approximate surface area is 165 Å². The zero-order valence-electron chi connectivity index (χ0n) is 14.5. The maximum absolute atomic E-state index is 13.3. The molecule has 3 aromatic rings.